The summed E-state index contributed by atoms with van der Waals surface area (Å²) in [4.78, 5) is 13.1. The van der Waals surface area contributed by atoms with Crippen LogP contribution < -0.4 is 18.9 Å². The second-order valence-corrected chi connectivity index (χ2v) is 6.75. The highest BCUT2D eigenvalue weighted by Gasteiger charge is 2.42. The van der Waals surface area contributed by atoms with Crippen molar-refractivity contribution >= 4 is 5.78 Å². The maximum atomic E-state index is 13.1. The maximum Gasteiger partial charge on any atom is 0.231 e. The smallest absolute Gasteiger partial charge is 0.231 e. The number of rotatable bonds is 6. The predicted molar refractivity (Wildman–Crippen MR) is 99.2 cm³/mol. The number of aliphatic hydroxyl groups excluding tert-OH is 1. The lowest BCUT2D eigenvalue weighted by molar-refractivity contribution is 0.0713. The SMILES string of the molecule is COc1ccc(C(=O)[C@H]2CO[C@@H](c3ccc4c(c3)OCO4)[C@@H]2CO)cc1OC. The quantitative estimate of drug-likeness (QED) is 0.764. The molecule has 0 bridgehead atoms. The molecule has 0 aliphatic carbocycles. The molecule has 1 N–H and O–H groups in total. The molecule has 2 aliphatic rings. The first kappa shape index (κ1) is 18.6. The number of methoxy groups -OCH3 is 2. The van der Waals surface area contributed by atoms with E-state index < -0.39 is 12.0 Å². The topological polar surface area (TPSA) is 83.5 Å². The van der Waals surface area contributed by atoms with Crippen LogP contribution in [0.1, 0.15) is 22.0 Å². The molecule has 2 aromatic carbocycles. The van der Waals surface area contributed by atoms with Gasteiger partial charge in [-0.15, -0.1) is 0 Å². The maximum absolute atomic E-state index is 13.1. The van der Waals surface area contributed by atoms with Crippen LogP contribution in [0.25, 0.3) is 0 Å². The lowest BCUT2D eigenvalue weighted by Crippen LogP contribution is -2.26. The third kappa shape index (κ3) is 3.16. The minimum atomic E-state index is -0.460. The van der Waals surface area contributed by atoms with Gasteiger partial charge in [-0.3, -0.25) is 4.79 Å². The molecule has 7 heteroatoms. The number of hydrogen-bond acceptors (Lipinski definition) is 7. The fourth-order valence-corrected chi connectivity index (χ4v) is 3.80. The van der Waals surface area contributed by atoms with Crippen LogP contribution in [0.3, 0.4) is 0 Å². The normalized spacial score (nSPS) is 22.9. The van der Waals surface area contributed by atoms with Gasteiger partial charge in [0.25, 0.3) is 0 Å². The molecular weight excluding hydrogens is 364 g/mol. The van der Waals surface area contributed by atoms with Crippen LogP contribution in [0.5, 0.6) is 23.0 Å². The fourth-order valence-electron chi connectivity index (χ4n) is 3.80. The molecule has 1 saturated heterocycles. The Morgan fingerprint density at radius 2 is 1.86 bits per heavy atom. The molecule has 3 atom stereocenters. The van der Waals surface area contributed by atoms with Crippen molar-refractivity contribution in [2.45, 2.75) is 6.10 Å². The minimum absolute atomic E-state index is 0.0942. The number of aliphatic hydroxyl groups is 1. The first-order chi connectivity index (χ1) is 13.7. The number of benzene rings is 2. The molecule has 0 amide bonds. The number of ether oxygens (including phenoxy) is 5. The zero-order valence-electron chi connectivity index (χ0n) is 15.7. The molecule has 0 radical (unpaired) electrons. The van der Waals surface area contributed by atoms with Crippen LogP contribution in [0.15, 0.2) is 36.4 Å². The van der Waals surface area contributed by atoms with Gasteiger partial charge in [-0.05, 0) is 35.9 Å². The zero-order chi connectivity index (χ0) is 19.7. The largest absolute Gasteiger partial charge is 0.493 e. The highest BCUT2D eigenvalue weighted by molar-refractivity contribution is 5.99. The molecule has 0 unspecified atom stereocenters. The number of carbonyl (C=O) groups excluding carboxylic acids is 1. The first-order valence-corrected chi connectivity index (χ1v) is 9.04. The van der Waals surface area contributed by atoms with Crippen molar-refractivity contribution in [1.29, 1.82) is 0 Å². The van der Waals surface area contributed by atoms with E-state index in [-0.39, 0.29) is 31.7 Å². The van der Waals surface area contributed by atoms with E-state index >= 15 is 0 Å². The average molecular weight is 386 g/mol. The van der Waals surface area contributed by atoms with Gasteiger partial charge < -0.3 is 28.8 Å². The van der Waals surface area contributed by atoms with E-state index in [1.807, 2.05) is 18.2 Å². The summed E-state index contributed by atoms with van der Waals surface area (Å²) in [6.07, 6.45) is -0.395. The van der Waals surface area contributed by atoms with Gasteiger partial charge in [0.2, 0.25) is 6.79 Å². The molecule has 4 rings (SSSR count). The molecule has 28 heavy (non-hydrogen) atoms. The zero-order valence-corrected chi connectivity index (χ0v) is 15.7. The standard InChI is InChI=1S/C21H22O7/c1-24-16-5-3-12(7-18(16)25-2)20(23)15-10-26-21(14(15)9-22)13-4-6-17-19(8-13)28-11-27-17/h3-8,14-15,21-22H,9-11H2,1-2H3/t14-,15+,21+/m1/s1. The van der Waals surface area contributed by atoms with Gasteiger partial charge >= 0.3 is 0 Å². The summed E-state index contributed by atoms with van der Waals surface area (Å²) in [6.45, 7) is 0.258. The molecule has 2 aliphatic heterocycles. The molecule has 2 aromatic rings. The number of ketones is 1. The highest BCUT2D eigenvalue weighted by Crippen LogP contribution is 2.43. The second kappa shape index (κ2) is 7.69. The van der Waals surface area contributed by atoms with Crippen molar-refractivity contribution in [2.24, 2.45) is 11.8 Å². The molecule has 0 saturated carbocycles. The van der Waals surface area contributed by atoms with E-state index in [2.05, 4.69) is 0 Å². The first-order valence-electron chi connectivity index (χ1n) is 9.04. The van der Waals surface area contributed by atoms with Crippen molar-refractivity contribution in [3.8, 4) is 23.0 Å². The van der Waals surface area contributed by atoms with E-state index in [1.54, 1.807) is 25.3 Å². The van der Waals surface area contributed by atoms with E-state index in [4.69, 9.17) is 23.7 Å². The van der Waals surface area contributed by atoms with Crippen molar-refractivity contribution in [1.82, 2.24) is 0 Å². The second-order valence-electron chi connectivity index (χ2n) is 6.75. The molecule has 148 valence electrons. The Balaban J connectivity index is 1.58. The summed E-state index contributed by atoms with van der Waals surface area (Å²) < 4.78 is 27.2. The van der Waals surface area contributed by atoms with Crippen molar-refractivity contribution in [3.63, 3.8) is 0 Å². The Kier molecular flexibility index (Phi) is 5.11. The van der Waals surface area contributed by atoms with Crippen LogP contribution >= 0.6 is 0 Å². The monoisotopic (exact) mass is 386 g/mol. The van der Waals surface area contributed by atoms with Gasteiger partial charge in [0.15, 0.2) is 28.8 Å². The minimum Gasteiger partial charge on any atom is -0.493 e. The molecule has 0 spiro atoms. The number of hydrogen-bond donors (Lipinski definition) is 1. The van der Waals surface area contributed by atoms with Crippen LogP contribution in [0, 0.1) is 11.8 Å². The Labute approximate surface area is 162 Å². The molecular formula is C21H22O7. The summed E-state index contributed by atoms with van der Waals surface area (Å²) in [7, 11) is 3.07. The predicted octanol–water partition coefficient (Wildman–Crippen LogP) is 2.61. The third-order valence-electron chi connectivity index (χ3n) is 5.30. The number of carbonyl (C=O) groups is 1. The summed E-state index contributed by atoms with van der Waals surface area (Å²) in [5, 5.41) is 10.0. The fraction of sp³-hybridized carbons (Fsp3) is 0.381. The number of Topliss-reactive ketones (excluding diaryl/α,β-unsaturated/α-hetero) is 1. The van der Waals surface area contributed by atoms with Crippen molar-refractivity contribution in [3.05, 3.63) is 47.5 Å². The van der Waals surface area contributed by atoms with Gasteiger partial charge in [0, 0.05) is 18.1 Å². The van der Waals surface area contributed by atoms with Crippen LogP contribution in [-0.2, 0) is 4.74 Å². The Morgan fingerprint density at radius 1 is 1.07 bits per heavy atom. The van der Waals surface area contributed by atoms with Gasteiger partial charge in [-0.2, -0.15) is 0 Å². The van der Waals surface area contributed by atoms with Gasteiger partial charge in [-0.1, -0.05) is 6.07 Å². The number of fused-ring (bicyclic) bond motifs is 1. The van der Waals surface area contributed by atoms with Crippen LogP contribution in [0.2, 0.25) is 0 Å². The van der Waals surface area contributed by atoms with Gasteiger partial charge in [-0.25, -0.2) is 0 Å². The van der Waals surface area contributed by atoms with Gasteiger partial charge in [0.1, 0.15) is 0 Å². The molecule has 7 nitrogen and oxygen atoms in total. The van der Waals surface area contributed by atoms with Crippen LogP contribution in [-0.4, -0.2) is 45.1 Å². The van der Waals surface area contributed by atoms with E-state index in [1.165, 1.54) is 7.11 Å². The summed E-state index contributed by atoms with van der Waals surface area (Å²) >= 11 is 0. The Hall–Kier alpha value is -2.77. The van der Waals surface area contributed by atoms with E-state index in [9.17, 15) is 9.90 Å². The molecule has 0 aromatic heterocycles. The lowest BCUT2D eigenvalue weighted by Gasteiger charge is -2.21. The van der Waals surface area contributed by atoms with Crippen molar-refractivity contribution < 1.29 is 33.6 Å². The van der Waals surface area contributed by atoms with Crippen molar-refractivity contribution in [2.75, 3.05) is 34.2 Å². The Morgan fingerprint density at radius 3 is 2.61 bits per heavy atom. The lowest BCUT2D eigenvalue weighted by atomic mass is 9.83. The summed E-state index contributed by atoms with van der Waals surface area (Å²) in [6, 6.07) is 10.6. The Bertz CT molecular complexity index is 879. The summed E-state index contributed by atoms with van der Waals surface area (Å²) in [5.74, 6) is 1.45. The highest BCUT2D eigenvalue weighted by atomic mass is 16.7. The summed E-state index contributed by atoms with van der Waals surface area (Å²) in [5.41, 5.74) is 1.35. The molecule has 2 heterocycles. The van der Waals surface area contributed by atoms with E-state index in [0.29, 0.717) is 28.6 Å². The molecule has 1 fully saturated rings. The van der Waals surface area contributed by atoms with E-state index in [0.717, 1.165) is 5.56 Å². The van der Waals surface area contributed by atoms with Gasteiger partial charge in [0.05, 0.1) is 32.8 Å². The van der Waals surface area contributed by atoms with Crippen LogP contribution in [0.4, 0.5) is 0 Å². The third-order valence-corrected chi connectivity index (χ3v) is 5.30. The average Bonchev–Trinajstić information content (AvgIpc) is 3.38.